The summed E-state index contributed by atoms with van der Waals surface area (Å²) >= 11 is 7.80. The van der Waals surface area contributed by atoms with Gasteiger partial charge < -0.3 is 5.32 Å². The van der Waals surface area contributed by atoms with Gasteiger partial charge in [0.2, 0.25) is 0 Å². The Kier molecular flexibility index (Phi) is 4.46. The molecule has 0 bridgehead atoms. The van der Waals surface area contributed by atoms with Gasteiger partial charge in [-0.05, 0) is 47.9 Å². The predicted octanol–water partition coefficient (Wildman–Crippen LogP) is 4.92. The number of hydrogen-bond donors (Lipinski definition) is 1. The topological polar surface area (TPSA) is 29.1 Å². The molecule has 0 spiro atoms. The number of rotatable bonds is 4. The highest BCUT2D eigenvalue weighted by Crippen LogP contribution is 2.26. The van der Waals surface area contributed by atoms with E-state index in [4.69, 9.17) is 11.6 Å². The zero-order chi connectivity index (χ0) is 15.5. The highest BCUT2D eigenvalue weighted by atomic mass is 35.5. The van der Waals surface area contributed by atoms with Gasteiger partial charge in [0.05, 0.1) is 10.6 Å². The molecule has 112 valence electrons. The van der Waals surface area contributed by atoms with Crippen molar-refractivity contribution in [2.24, 2.45) is 0 Å². The van der Waals surface area contributed by atoms with Crippen LogP contribution in [0.2, 0.25) is 5.02 Å². The van der Waals surface area contributed by atoms with Crippen LogP contribution in [0.5, 0.6) is 0 Å². The summed E-state index contributed by atoms with van der Waals surface area (Å²) in [6.07, 6.45) is 0.806. The highest BCUT2D eigenvalue weighted by molar-refractivity contribution is 7.17. The molecule has 0 unspecified atom stereocenters. The Morgan fingerprint density at radius 1 is 1.18 bits per heavy atom. The van der Waals surface area contributed by atoms with Gasteiger partial charge in [-0.25, -0.2) is 0 Å². The van der Waals surface area contributed by atoms with Crippen molar-refractivity contribution in [2.75, 3.05) is 0 Å². The van der Waals surface area contributed by atoms with E-state index in [1.165, 1.54) is 15.6 Å². The van der Waals surface area contributed by atoms with Crippen molar-refractivity contribution in [3.05, 3.63) is 70.1 Å². The molecule has 3 aromatic rings. The van der Waals surface area contributed by atoms with Crippen LogP contribution >= 0.6 is 22.9 Å². The first kappa shape index (κ1) is 15.1. The van der Waals surface area contributed by atoms with Crippen molar-refractivity contribution < 1.29 is 4.79 Å². The van der Waals surface area contributed by atoms with Crippen molar-refractivity contribution in [1.29, 1.82) is 0 Å². The van der Waals surface area contributed by atoms with E-state index in [0.29, 0.717) is 10.6 Å². The second-order valence-electron chi connectivity index (χ2n) is 5.32. The van der Waals surface area contributed by atoms with Crippen LogP contribution in [0, 0.1) is 0 Å². The maximum Gasteiger partial charge on any atom is 0.253 e. The first-order chi connectivity index (χ1) is 10.6. The van der Waals surface area contributed by atoms with Crippen molar-refractivity contribution in [2.45, 2.75) is 19.4 Å². The second-order valence-corrected chi connectivity index (χ2v) is 6.63. The third-order valence-corrected chi connectivity index (χ3v) is 4.93. The van der Waals surface area contributed by atoms with E-state index in [1.807, 2.05) is 31.2 Å². The largest absolute Gasteiger partial charge is 0.349 e. The monoisotopic (exact) mass is 329 g/mol. The van der Waals surface area contributed by atoms with Crippen LogP contribution < -0.4 is 5.32 Å². The molecule has 0 radical (unpaired) electrons. The van der Waals surface area contributed by atoms with Crippen LogP contribution in [0.3, 0.4) is 0 Å². The summed E-state index contributed by atoms with van der Waals surface area (Å²) in [6.45, 7) is 2.02. The molecule has 0 saturated heterocycles. The summed E-state index contributed by atoms with van der Waals surface area (Å²) in [5, 5.41) is 6.94. The van der Waals surface area contributed by atoms with Gasteiger partial charge >= 0.3 is 0 Å². The first-order valence-electron chi connectivity index (χ1n) is 7.15. The lowest BCUT2D eigenvalue weighted by molar-refractivity contribution is 0.0940. The first-order valence-corrected chi connectivity index (χ1v) is 8.41. The lowest BCUT2D eigenvalue weighted by Crippen LogP contribution is -2.34. The third kappa shape index (κ3) is 3.16. The van der Waals surface area contributed by atoms with E-state index in [1.54, 1.807) is 23.5 Å². The van der Waals surface area contributed by atoms with Crippen LogP contribution in [-0.2, 0) is 6.42 Å². The van der Waals surface area contributed by atoms with Gasteiger partial charge in [-0.2, -0.15) is 0 Å². The number of fused-ring (bicyclic) bond motifs is 1. The molecule has 3 rings (SSSR count). The summed E-state index contributed by atoms with van der Waals surface area (Å²) in [4.78, 5) is 12.3. The Morgan fingerprint density at radius 2 is 1.91 bits per heavy atom. The zero-order valence-corrected chi connectivity index (χ0v) is 13.7. The van der Waals surface area contributed by atoms with Crippen LogP contribution in [0.4, 0.5) is 0 Å². The Morgan fingerprint density at radius 3 is 2.73 bits per heavy atom. The SMILES string of the molecule is C[C@H](Cc1csc2ccccc12)NC(=O)c1ccccc1Cl. The Balaban J connectivity index is 1.71. The second kappa shape index (κ2) is 6.51. The van der Waals surface area contributed by atoms with Crippen LogP contribution in [0.15, 0.2) is 53.9 Å². The molecule has 0 aliphatic heterocycles. The van der Waals surface area contributed by atoms with Crippen LogP contribution in [-0.4, -0.2) is 11.9 Å². The smallest absolute Gasteiger partial charge is 0.253 e. The summed E-state index contributed by atoms with van der Waals surface area (Å²) < 4.78 is 1.28. The number of carbonyl (C=O) groups is 1. The van der Waals surface area contributed by atoms with E-state index in [0.717, 1.165) is 6.42 Å². The van der Waals surface area contributed by atoms with E-state index >= 15 is 0 Å². The molecule has 0 aliphatic carbocycles. The molecule has 0 fully saturated rings. The fourth-order valence-corrected chi connectivity index (χ4v) is 3.72. The predicted molar refractivity (Wildman–Crippen MR) is 93.9 cm³/mol. The Hall–Kier alpha value is -1.84. The molecule has 1 heterocycles. The molecule has 1 N–H and O–H groups in total. The van der Waals surface area contributed by atoms with Crippen molar-refractivity contribution in [1.82, 2.24) is 5.32 Å². The average molecular weight is 330 g/mol. The average Bonchev–Trinajstić information content (AvgIpc) is 2.91. The van der Waals surface area contributed by atoms with Gasteiger partial charge in [0.25, 0.3) is 5.91 Å². The zero-order valence-electron chi connectivity index (χ0n) is 12.2. The van der Waals surface area contributed by atoms with Crippen molar-refractivity contribution >= 4 is 38.9 Å². The van der Waals surface area contributed by atoms with Gasteiger partial charge in [-0.1, -0.05) is 41.9 Å². The fraction of sp³-hybridized carbons (Fsp3) is 0.167. The molecular formula is C18H16ClNOS. The van der Waals surface area contributed by atoms with E-state index in [2.05, 4.69) is 22.8 Å². The lowest BCUT2D eigenvalue weighted by atomic mass is 10.1. The Labute approximate surface area is 138 Å². The number of amides is 1. The lowest BCUT2D eigenvalue weighted by Gasteiger charge is -2.14. The maximum atomic E-state index is 12.3. The van der Waals surface area contributed by atoms with Gasteiger partial charge in [0, 0.05) is 10.7 Å². The standard InChI is InChI=1S/C18H16ClNOS/c1-12(20-18(21)15-7-2-4-8-16(15)19)10-13-11-22-17-9-5-3-6-14(13)17/h2-9,11-12H,10H2,1H3,(H,20,21)/t12-/m1/s1. The maximum absolute atomic E-state index is 12.3. The summed E-state index contributed by atoms with van der Waals surface area (Å²) in [5.41, 5.74) is 1.79. The highest BCUT2D eigenvalue weighted by Gasteiger charge is 2.14. The van der Waals surface area contributed by atoms with Crippen molar-refractivity contribution in [3.63, 3.8) is 0 Å². The van der Waals surface area contributed by atoms with Crippen molar-refractivity contribution in [3.8, 4) is 0 Å². The van der Waals surface area contributed by atoms with E-state index < -0.39 is 0 Å². The van der Waals surface area contributed by atoms with Crippen LogP contribution in [0.25, 0.3) is 10.1 Å². The molecule has 22 heavy (non-hydrogen) atoms. The van der Waals surface area contributed by atoms with Crippen LogP contribution in [0.1, 0.15) is 22.8 Å². The number of thiophene rings is 1. The minimum Gasteiger partial charge on any atom is -0.349 e. The number of carbonyl (C=O) groups excluding carboxylic acids is 1. The molecule has 1 atom stereocenters. The van der Waals surface area contributed by atoms with E-state index in [9.17, 15) is 4.79 Å². The quantitative estimate of drug-likeness (QED) is 0.723. The molecule has 0 saturated carbocycles. The van der Waals surface area contributed by atoms with E-state index in [-0.39, 0.29) is 11.9 Å². The summed E-state index contributed by atoms with van der Waals surface area (Å²) in [7, 11) is 0. The molecule has 4 heteroatoms. The van der Waals surface area contributed by atoms with Gasteiger partial charge in [0.1, 0.15) is 0 Å². The number of benzene rings is 2. The normalized spacial score (nSPS) is 12.3. The van der Waals surface area contributed by atoms with Gasteiger partial charge in [-0.15, -0.1) is 11.3 Å². The summed E-state index contributed by atoms with van der Waals surface area (Å²) in [5.74, 6) is -0.127. The summed E-state index contributed by atoms with van der Waals surface area (Å²) in [6, 6.07) is 15.5. The molecule has 0 aliphatic rings. The Bertz CT molecular complexity index is 811. The van der Waals surface area contributed by atoms with Gasteiger partial charge in [0.15, 0.2) is 0 Å². The third-order valence-electron chi connectivity index (χ3n) is 3.58. The molecule has 1 amide bonds. The molecular weight excluding hydrogens is 314 g/mol. The number of nitrogens with one attached hydrogen (secondary N) is 1. The molecule has 2 nitrogen and oxygen atoms in total. The number of hydrogen-bond acceptors (Lipinski definition) is 2. The van der Waals surface area contributed by atoms with Gasteiger partial charge in [-0.3, -0.25) is 4.79 Å². The minimum atomic E-state index is -0.127. The molecule has 1 aromatic heterocycles. The fourth-order valence-electron chi connectivity index (χ4n) is 2.52. The number of halogens is 1. The minimum absolute atomic E-state index is 0.0433. The molecule has 2 aromatic carbocycles.